The van der Waals surface area contributed by atoms with Gasteiger partial charge in [-0.1, -0.05) is 0 Å². The molecule has 2 unspecified atom stereocenters. The fourth-order valence-corrected chi connectivity index (χ4v) is 6.38. The Morgan fingerprint density at radius 1 is 1.29 bits per heavy atom. The molecule has 0 aromatic carbocycles. The molecule has 9 nitrogen and oxygen atoms in total. The highest BCUT2D eigenvalue weighted by atomic mass is 32.2. The van der Waals surface area contributed by atoms with E-state index in [1.165, 1.54) is 16.8 Å². The maximum atomic E-state index is 14.9. The molecule has 0 aliphatic carbocycles. The molecule has 4 aliphatic rings. The lowest BCUT2D eigenvalue weighted by Crippen LogP contribution is -2.52. The number of hydrogen-bond acceptors (Lipinski definition) is 9. The lowest BCUT2D eigenvalue weighted by atomic mass is 9.82. The van der Waals surface area contributed by atoms with Gasteiger partial charge in [0.25, 0.3) is 5.56 Å². The molecule has 1 saturated heterocycles. The van der Waals surface area contributed by atoms with Crippen LogP contribution in [0.2, 0.25) is 0 Å². The van der Waals surface area contributed by atoms with Crippen LogP contribution >= 0.6 is 11.8 Å². The van der Waals surface area contributed by atoms with Gasteiger partial charge in [-0.2, -0.15) is 5.10 Å². The molecule has 0 radical (unpaired) electrons. The second kappa shape index (κ2) is 8.71. The van der Waals surface area contributed by atoms with Crippen molar-refractivity contribution in [3.63, 3.8) is 0 Å². The summed E-state index contributed by atoms with van der Waals surface area (Å²) < 4.78 is 21.9. The number of rotatable bonds is 5. The van der Waals surface area contributed by atoms with Gasteiger partial charge in [0.1, 0.15) is 11.8 Å². The molecular weight excluding hydrogens is 459 g/mol. The number of alkyl halides is 1. The molecule has 3 atom stereocenters. The van der Waals surface area contributed by atoms with E-state index in [0.29, 0.717) is 43.0 Å². The summed E-state index contributed by atoms with van der Waals surface area (Å²) in [6.45, 7) is 3.31. The van der Waals surface area contributed by atoms with Gasteiger partial charge in [-0.25, -0.2) is 4.39 Å². The molecule has 2 N–H and O–H groups in total. The minimum absolute atomic E-state index is 0.0976. The van der Waals surface area contributed by atoms with Gasteiger partial charge in [0.2, 0.25) is 5.88 Å². The molecular formula is C23H27FN6O3S. The summed E-state index contributed by atoms with van der Waals surface area (Å²) >= 11 is 1.74. The summed E-state index contributed by atoms with van der Waals surface area (Å²) in [4.78, 5) is 19.8. The van der Waals surface area contributed by atoms with Crippen molar-refractivity contribution in [2.45, 2.75) is 54.6 Å². The van der Waals surface area contributed by atoms with Gasteiger partial charge >= 0.3 is 0 Å². The van der Waals surface area contributed by atoms with Gasteiger partial charge < -0.3 is 24.6 Å². The van der Waals surface area contributed by atoms with E-state index in [1.54, 1.807) is 17.8 Å². The number of aromatic nitrogens is 3. The van der Waals surface area contributed by atoms with E-state index in [4.69, 9.17) is 4.74 Å². The first-order valence-electron chi connectivity index (χ1n) is 11.7. The predicted octanol–water partition coefficient (Wildman–Crippen LogP) is 1.26. The van der Waals surface area contributed by atoms with Crippen molar-refractivity contribution in [2.24, 2.45) is 4.99 Å². The number of ether oxygens (including phenoxy) is 1. The number of nitrogens with one attached hydrogen (secondary N) is 1. The Bertz CT molecular complexity index is 1180. The van der Waals surface area contributed by atoms with E-state index in [9.17, 15) is 14.3 Å². The number of hydrogen-bond donors (Lipinski definition) is 2. The van der Waals surface area contributed by atoms with Crippen LogP contribution < -0.4 is 15.6 Å². The monoisotopic (exact) mass is 486 g/mol. The maximum Gasteiger partial charge on any atom is 0.250 e. The Balaban J connectivity index is 1.07. The van der Waals surface area contributed by atoms with Crippen molar-refractivity contribution in [1.82, 2.24) is 25.0 Å². The van der Waals surface area contributed by atoms with E-state index in [-0.39, 0.29) is 12.1 Å². The van der Waals surface area contributed by atoms with Crippen LogP contribution in [0.4, 0.5) is 10.1 Å². The Hall–Kier alpha value is -2.34. The van der Waals surface area contributed by atoms with E-state index in [2.05, 4.69) is 25.4 Å². The summed E-state index contributed by atoms with van der Waals surface area (Å²) in [6, 6.07) is 5.43. The Kier molecular flexibility index (Phi) is 5.67. The molecule has 2 aromatic heterocycles. The van der Waals surface area contributed by atoms with Gasteiger partial charge in [0.15, 0.2) is 0 Å². The molecule has 1 fully saturated rings. The van der Waals surface area contributed by atoms with Gasteiger partial charge in [0.05, 0.1) is 41.0 Å². The minimum Gasteiger partial charge on any atom is -0.475 e. The number of thioether (sulfide) groups is 1. The average molecular weight is 487 g/mol. The van der Waals surface area contributed by atoms with Crippen molar-refractivity contribution in [1.29, 1.82) is 0 Å². The Labute approximate surface area is 200 Å². The fourth-order valence-electron chi connectivity index (χ4n) is 5.55. The molecule has 0 amide bonds. The standard InChI is InChI=1S/C23H27FN6O3S/c24-16-11-26-17-1-2-19(31)30-13-23(32,20(16)21(17)30)12-29-5-3-14(4-6-29)25-10-15-9-18-22(28-27-15)33-7-8-34-18/h1-2,9,11,14,16,20,25,32H,3-8,10,12-13H2/t16?,20?,23-/m0/s1. The summed E-state index contributed by atoms with van der Waals surface area (Å²) in [7, 11) is 0. The maximum absolute atomic E-state index is 14.9. The first kappa shape index (κ1) is 22.1. The number of nitrogens with zero attached hydrogens (tertiary/aromatic N) is 5. The SMILES string of the molecule is O=c1ccc2c3n1C[C@@](O)(CN1CCC(NCc4cc5c(nn4)OCCS5)CC1)C3C(F)C=N2. The molecule has 0 spiro atoms. The third-order valence-corrected chi connectivity index (χ3v) is 8.17. The Morgan fingerprint density at radius 3 is 3.00 bits per heavy atom. The van der Waals surface area contributed by atoms with Crippen LogP contribution in [-0.4, -0.2) is 80.8 Å². The first-order chi connectivity index (χ1) is 16.5. The smallest absolute Gasteiger partial charge is 0.250 e. The minimum atomic E-state index is -1.41. The van der Waals surface area contributed by atoms with Crippen LogP contribution in [0.3, 0.4) is 0 Å². The average Bonchev–Trinajstić information content (AvgIpc) is 3.17. The topological polar surface area (TPSA) is 105 Å². The van der Waals surface area contributed by atoms with Crippen LogP contribution in [0.25, 0.3) is 0 Å². The normalized spacial score (nSPS) is 28.4. The number of likely N-dealkylation sites (tertiary alicyclic amines) is 1. The van der Waals surface area contributed by atoms with Crippen molar-refractivity contribution >= 4 is 23.7 Å². The van der Waals surface area contributed by atoms with Crippen molar-refractivity contribution in [2.75, 3.05) is 32.0 Å². The van der Waals surface area contributed by atoms with Crippen LogP contribution in [0, 0.1) is 0 Å². The molecule has 34 heavy (non-hydrogen) atoms. The lowest BCUT2D eigenvalue weighted by Gasteiger charge is -2.39. The van der Waals surface area contributed by atoms with Gasteiger partial charge in [0, 0.05) is 37.2 Å². The summed E-state index contributed by atoms with van der Waals surface area (Å²) in [5.41, 5.74) is 0.435. The second-order valence-electron chi connectivity index (χ2n) is 9.47. The van der Waals surface area contributed by atoms with E-state index in [1.807, 2.05) is 6.07 Å². The zero-order valence-corrected chi connectivity index (χ0v) is 19.5. The first-order valence-corrected chi connectivity index (χ1v) is 12.7. The van der Waals surface area contributed by atoms with E-state index >= 15 is 0 Å². The molecule has 11 heteroatoms. The third kappa shape index (κ3) is 3.94. The fraction of sp³-hybridized carbons (Fsp3) is 0.565. The summed E-state index contributed by atoms with van der Waals surface area (Å²) in [6.07, 6.45) is 1.67. The number of pyridine rings is 1. The van der Waals surface area contributed by atoms with Gasteiger partial charge in [-0.15, -0.1) is 16.9 Å². The molecule has 2 aromatic rings. The zero-order valence-electron chi connectivity index (χ0n) is 18.7. The highest BCUT2D eigenvalue weighted by molar-refractivity contribution is 7.99. The number of aliphatic hydroxyl groups is 1. The third-order valence-electron chi connectivity index (χ3n) is 7.20. The number of piperidine rings is 1. The summed E-state index contributed by atoms with van der Waals surface area (Å²) in [5, 5.41) is 23.6. The molecule has 180 valence electrons. The molecule has 0 bridgehead atoms. The van der Waals surface area contributed by atoms with Crippen LogP contribution in [0.1, 0.15) is 30.1 Å². The zero-order chi connectivity index (χ0) is 23.3. The molecule has 0 saturated carbocycles. The van der Waals surface area contributed by atoms with Crippen molar-refractivity contribution in [3.05, 3.63) is 39.9 Å². The largest absolute Gasteiger partial charge is 0.475 e. The highest BCUT2D eigenvalue weighted by Gasteiger charge is 2.52. The van der Waals surface area contributed by atoms with Crippen LogP contribution in [-0.2, 0) is 13.1 Å². The molecule has 4 aliphatic heterocycles. The number of aliphatic imine (C=N–C) groups is 1. The van der Waals surface area contributed by atoms with E-state index in [0.717, 1.165) is 42.3 Å². The van der Waals surface area contributed by atoms with Gasteiger partial charge in [-0.05, 0) is 38.1 Å². The van der Waals surface area contributed by atoms with Crippen molar-refractivity contribution < 1.29 is 14.2 Å². The van der Waals surface area contributed by atoms with Gasteiger partial charge in [-0.3, -0.25) is 9.79 Å². The number of β-amino-alcohol motifs (C(OH)–C–C–N with tert-alkyl or cyclic N) is 1. The summed E-state index contributed by atoms with van der Waals surface area (Å²) in [5.74, 6) is 0.775. The lowest BCUT2D eigenvalue weighted by molar-refractivity contribution is -0.0331. The Morgan fingerprint density at radius 2 is 2.15 bits per heavy atom. The van der Waals surface area contributed by atoms with Crippen LogP contribution in [0.5, 0.6) is 5.88 Å². The molecule has 6 rings (SSSR count). The van der Waals surface area contributed by atoms with E-state index < -0.39 is 17.7 Å². The quantitative estimate of drug-likeness (QED) is 0.651. The number of halogens is 1. The second-order valence-corrected chi connectivity index (χ2v) is 10.6. The predicted molar refractivity (Wildman–Crippen MR) is 126 cm³/mol. The van der Waals surface area contributed by atoms with Crippen LogP contribution in [0.15, 0.2) is 32.9 Å². The number of fused-ring (bicyclic) bond motifs is 1. The highest BCUT2D eigenvalue weighted by Crippen LogP contribution is 2.46. The van der Waals surface area contributed by atoms with Crippen molar-refractivity contribution in [3.8, 4) is 5.88 Å². The molecule has 6 heterocycles.